The quantitative estimate of drug-likeness (QED) is 0.910. The molecule has 1 heterocycles. The van der Waals surface area contributed by atoms with Gasteiger partial charge in [0.25, 0.3) is 0 Å². The van der Waals surface area contributed by atoms with Gasteiger partial charge < -0.3 is 5.32 Å². The largest absolute Gasteiger partial charge is 0.308 e. The number of nitriles is 1. The molecule has 0 unspecified atom stereocenters. The van der Waals surface area contributed by atoms with E-state index in [0.29, 0.717) is 17.7 Å². The van der Waals surface area contributed by atoms with Gasteiger partial charge in [-0.1, -0.05) is 6.07 Å². The van der Waals surface area contributed by atoms with Crippen LogP contribution in [0.2, 0.25) is 0 Å². The molecule has 5 heteroatoms. The maximum Gasteiger partial charge on any atom is 0.129 e. The van der Waals surface area contributed by atoms with Gasteiger partial charge in [-0.3, -0.25) is 4.68 Å². The van der Waals surface area contributed by atoms with Crippen molar-refractivity contribution in [2.24, 2.45) is 0 Å². The van der Waals surface area contributed by atoms with Crippen molar-refractivity contribution in [2.75, 3.05) is 0 Å². The van der Waals surface area contributed by atoms with Crippen LogP contribution in [0.3, 0.4) is 0 Å². The van der Waals surface area contributed by atoms with Gasteiger partial charge in [0.1, 0.15) is 5.82 Å². The highest BCUT2D eigenvalue weighted by Crippen LogP contribution is 2.13. The van der Waals surface area contributed by atoms with Crippen LogP contribution >= 0.6 is 0 Å². The molecule has 0 aliphatic heterocycles. The predicted molar refractivity (Wildman–Crippen MR) is 74.4 cm³/mol. The molecule has 2 aromatic rings. The third-order valence-electron chi connectivity index (χ3n) is 3.46. The second kappa shape index (κ2) is 6.31. The fraction of sp³-hybridized carbons (Fsp3) is 0.333. The first-order valence-corrected chi connectivity index (χ1v) is 6.53. The minimum Gasteiger partial charge on any atom is -0.308 e. The van der Waals surface area contributed by atoms with Crippen LogP contribution in [0.4, 0.5) is 4.39 Å². The summed E-state index contributed by atoms with van der Waals surface area (Å²) in [6.45, 7) is 4.51. The van der Waals surface area contributed by atoms with Crippen LogP contribution in [0, 0.1) is 17.1 Å². The molecule has 0 amide bonds. The van der Waals surface area contributed by atoms with E-state index in [9.17, 15) is 4.39 Å². The molecule has 104 valence electrons. The summed E-state index contributed by atoms with van der Waals surface area (Å²) in [5.41, 5.74) is 0.896. The lowest BCUT2D eigenvalue weighted by Gasteiger charge is -2.22. The summed E-state index contributed by atoms with van der Waals surface area (Å²) in [5, 5.41) is 16.2. The SMILES string of the molecule is C[C@@H](NCc1ccc(C#N)cc1F)[C@H](C)n1cccn1. The van der Waals surface area contributed by atoms with E-state index >= 15 is 0 Å². The first kappa shape index (κ1) is 14.2. The number of benzene rings is 1. The third kappa shape index (κ3) is 3.22. The zero-order valence-corrected chi connectivity index (χ0v) is 11.5. The van der Waals surface area contributed by atoms with Crippen molar-refractivity contribution in [1.82, 2.24) is 15.1 Å². The van der Waals surface area contributed by atoms with Gasteiger partial charge in [0.2, 0.25) is 0 Å². The van der Waals surface area contributed by atoms with E-state index in [-0.39, 0.29) is 17.9 Å². The lowest BCUT2D eigenvalue weighted by Crippen LogP contribution is -2.33. The minimum atomic E-state index is -0.351. The molecule has 1 N–H and O–H groups in total. The lowest BCUT2D eigenvalue weighted by molar-refractivity contribution is 0.363. The minimum absolute atomic E-state index is 0.143. The Morgan fingerprint density at radius 3 is 2.85 bits per heavy atom. The van der Waals surface area contributed by atoms with Crippen molar-refractivity contribution >= 4 is 0 Å². The van der Waals surface area contributed by atoms with E-state index in [0.717, 1.165) is 0 Å². The Labute approximate surface area is 117 Å². The average Bonchev–Trinajstić information content (AvgIpc) is 2.98. The summed E-state index contributed by atoms with van der Waals surface area (Å²) in [4.78, 5) is 0. The summed E-state index contributed by atoms with van der Waals surface area (Å²) in [5.74, 6) is -0.351. The topological polar surface area (TPSA) is 53.6 Å². The number of halogens is 1. The zero-order chi connectivity index (χ0) is 14.5. The summed E-state index contributed by atoms with van der Waals surface area (Å²) < 4.78 is 15.6. The van der Waals surface area contributed by atoms with Crippen LogP contribution in [0.25, 0.3) is 0 Å². The highest BCUT2D eigenvalue weighted by Gasteiger charge is 2.14. The van der Waals surface area contributed by atoms with Crippen LogP contribution < -0.4 is 5.32 Å². The van der Waals surface area contributed by atoms with Gasteiger partial charge in [0.15, 0.2) is 0 Å². The molecular weight excluding hydrogens is 255 g/mol. The van der Waals surface area contributed by atoms with Crippen LogP contribution in [0.5, 0.6) is 0 Å². The number of rotatable bonds is 5. The molecule has 0 bridgehead atoms. The first-order chi connectivity index (χ1) is 9.61. The zero-order valence-electron chi connectivity index (χ0n) is 11.5. The van der Waals surface area contributed by atoms with Crippen molar-refractivity contribution in [3.8, 4) is 6.07 Å². The van der Waals surface area contributed by atoms with Gasteiger partial charge in [-0.05, 0) is 32.0 Å². The highest BCUT2D eigenvalue weighted by molar-refractivity contribution is 5.32. The molecular formula is C15H17FN4. The molecule has 0 aliphatic rings. The fourth-order valence-electron chi connectivity index (χ4n) is 1.95. The van der Waals surface area contributed by atoms with Crippen LogP contribution in [0.1, 0.15) is 31.0 Å². The predicted octanol–water partition coefficient (Wildman–Crippen LogP) is 2.63. The van der Waals surface area contributed by atoms with Crippen molar-refractivity contribution in [3.63, 3.8) is 0 Å². The molecule has 0 saturated heterocycles. The van der Waals surface area contributed by atoms with Gasteiger partial charge in [-0.2, -0.15) is 10.4 Å². The number of aromatic nitrogens is 2. The normalized spacial score (nSPS) is 13.7. The summed E-state index contributed by atoms with van der Waals surface area (Å²) >= 11 is 0. The van der Waals surface area contributed by atoms with Crippen LogP contribution in [-0.2, 0) is 6.54 Å². The standard InChI is InChI=1S/C15H17FN4/c1-11(12(2)20-7-3-6-19-20)18-10-14-5-4-13(9-17)8-15(14)16/h3-8,11-12,18H,10H2,1-2H3/t11-,12+/m1/s1. The summed E-state index contributed by atoms with van der Waals surface area (Å²) in [6, 6.07) is 8.65. The van der Waals surface area contributed by atoms with Gasteiger partial charge >= 0.3 is 0 Å². The van der Waals surface area contributed by atoms with E-state index in [2.05, 4.69) is 17.3 Å². The third-order valence-corrected chi connectivity index (χ3v) is 3.46. The molecule has 2 atom stereocenters. The second-order valence-corrected chi connectivity index (χ2v) is 4.81. The van der Waals surface area contributed by atoms with E-state index in [1.165, 1.54) is 6.07 Å². The first-order valence-electron chi connectivity index (χ1n) is 6.53. The number of hydrogen-bond acceptors (Lipinski definition) is 3. The maximum atomic E-state index is 13.8. The Hall–Kier alpha value is -2.19. The smallest absolute Gasteiger partial charge is 0.129 e. The molecule has 2 rings (SSSR count). The summed E-state index contributed by atoms with van der Waals surface area (Å²) in [7, 11) is 0. The molecule has 0 aliphatic carbocycles. The van der Waals surface area contributed by atoms with Crippen molar-refractivity contribution < 1.29 is 4.39 Å². The molecule has 0 saturated carbocycles. The number of hydrogen-bond donors (Lipinski definition) is 1. The maximum absolute atomic E-state index is 13.8. The van der Waals surface area contributed by atoms with Crippen molar-refractivity contribution in [1.29, 1.82) is 5.26 Å². The molecule has 20 heavy (non-hydrogen) atoms. The second-order valence-electron chi connectivity index (χ2n) is 4.81. The Morgan fingerprint density at radius 1 is 1.45 bits per heavy atom. The van der Waals surface area contributed by atoms with Gasteiger partial charge in [0.05, 0.1) is 17.7 Å². The van der Waals surface area contributed by atoms with Gasteiger partial charge in [-0.15, -0.1) is 0 Å². The van der Waals surface area contributed by atoms with E-state index in [1.807, 2.05) is 29.9 Å². The van der Waals surface area contributed by atoms with Crippen molar-refractivity contribution in [3.05, 3.63) is 53.6 Å². The molecule has 1 aromatic carbocycles. The Morgan fingerprint density at radius 2 is 2.25 bits per heavy atom. The average molecular weight is 272 g/mol. The highest BCUT2D eigenvalue weighted by atomic mass is 19.1. The van der Waals surface area contributed by atoms with Gasteiger partial charge in [-0.25, -0.2) is 4.39 Å². The lowest BCUT2D eigenvalue weighted by atomic mass is 10.1. The molecule has 0 radical (unpaired) electrons. The van der Waals surface area contributed by atoms with Crippen LogP contribution in [-0.4, -0.2) is 15.8 Å². The number of nitrogens with zero attached hydrogens (tertiary/aromatic N) is 3. The molecule has 0 fully saturated rings. The van der Waals surface area contributed by atoms with Gasteiger partial charge in [0, 0.05) is 30.5 Å². The number of nitrogens with one attached hydrogen (secondary N) is 1. The Bertz CT molecular complexity index is 601. The van der Waals surface area contributed by atoms with Crippen molar-refractivity contribution in [2.45, 2.75) is 32.5 Å². The van der Waals surface area contributed by atoms with Crippen LogP contribution in [0.15, 0.2) is 36.7 Å². The van der Waals surface area contributed by atoms with E-state index < -0.39 is 0 Å². The Balaban J connectivity index is 1.97. The van der Waals surface area contributed by atoms with E-state index in [4.69, 9.17) is 5.26 Å². The summed E-state index contributed by atoms with van der Waals surface area (Å²) in [6.07, 6.45) is 3.65. The molecule has 1 aromatic heterocycles. The monoisotopic (exact) mass is 272 g/mol. The van der Waals surface area contributed by atoms with E-state index in [1.54, 1.807) is 18.3 Å². The fourth-order valence-corrected chi connectivity index (χ4v) is 1.95. The Kier molecular flexibility index (Phi) is 4.49. The molecule has 0 spiro atoms. The molecule has 4 nitrogen and oxygen atoms in total.